The second-order valence-corrected chi connectivity index (χ2v) is 9.40. The summed E-state index contributed by atoms with van der Waals surface area (Å²) in [5.41, 5.74) is 0. The van der Waals surface area contributed by atoms with Gasteiger partial charge < -0.3 is 13.3 Å². The van der Waals surface area contributed by atoms with Gasteiger partial charge in [-0.1, -0.05) is 58.3 Å². The fraction of sp³-hybridized carbons (Fsp3) is 0.824. The van der Waals surface area contributed by atoms with Gasteiger partial charge in [0.2, 0.25) is 0 Å². The number of rotatable bonds is 13. The van der Waals surface area contributed by atoms with Crippen LogP contribution in [-0.2, 0) is 27.7 Å². The highest BCUT2D eigenvalue weighted by Crippen LogP contribution is 2.31. The summed E-state index contributed by atoms with van der Waals surface area (Å²) in [4.78, 5) is 33.4. The van der Waals surface area contributed by atoms with Crippen molar-refractivity contribution < 1.29 is 67.2 Å². The number of carbonyl (C=O) groups is 3. The molecule has 0 radical (unpaired) electrons. The fourth-order valence-electron chi connectivity index (χ4n) is 2.47. The summed E-state index contributed by atoms with van der Waals surface area (Å²) in [6, 6.07) is -1.26. The lowest BCUT2D eigenvalue weighted by Crippen LogP contribution is -2.55. The maximum Gasteiger partial charge on any atom is 0.705 e. The van der Waals surface area contributed by atoms with Crippen LogP contribution >= 0.6 is 0 Å². The van der Waals surface area contributed by atoms with Crippen LogP contribution in [0.5, 0.6) is 0 Å². The van der Waals surface area contributed by atoms with Crippen molar-refractivity contribution in [2.75, 3.05) is 0 Å². The Balaban J connectivity index is 5.52. The Morgan fingerprint density at radius 1 is 0.545 bits per heavy atom. The summed E-state index contributed by atoms with van der Waals surface area (Å²) in [5, 5.41) is 0. The molecule has 0 heterocycles. The second-order valence-electron chi connectivity index (χ2n) is 6.92. The first-order chi connectivity index (χ1) is 14.9. The third kappa shape index (κ3) is 12.7. The Labute approximate surface area is 184 Å². The van der Waals surface area contributed by atoms with Gasteiger partial charge in [0.15, 0.2) is 0 Å². The summed E-state index contributed by atoms with van der Waals surface area (Å²) in [5.74, 6) is -9.81. The average Bonchev–Trinajstić information content (AvgIpc) is 2.64. The number of unbranched alkanes of at least 4 members (excludes halogenated alkanes) is 8. The Morgan fingerprint density at radius 2 is 0.818 bits per heavy atom. The quantitative estimate of drug-likeness (QED) is 0.174. The lowest BCUT2D eigenvalue weighted by Gasteiger charge is -2.28. The fourth-order valence-corrected chi connectivity index (χ4v) is 4.77. The van der Waals surface area contributed by atoms with Crippen LogP contribution in [0.4, 0.5) is 39.5 Å². The molecule has 33 heavy (non-hydrogen) atoms. The summed E-state index contributed by atoms with van der Waals surface area (Å²) in [7, 11) is -6.11. The molecule has 194 valence electrons. The summed E-state index contributed by atoms with van der Waals surface area (Å²) in [6.45, 7) is 2.00. The van der Waals surface area contributed by atoms with Gasteiger partial charge in [0, 0.05) is 0 Å². The SMILES string of the molecule is CCCCCCCCCCC[Si](OC(=O)C(F)(F)F)(OC(=O)C(F)(F)F)OC(=O)C(F)(F)F. The van der Waals surface area contributed by atoms with Gasteiger partial charge in [-0.25, -0.2) is 14.4 Å². The zero-order chi connectivity index (χ0) is 25.9. The van der Waals surface area contributed by atoms with Crippen LogP contribution in [0.3, 0.4) is 0 Å². The van der Waals surface area contributed by atoms with Crippen LogP contribution in [0, 0.1) is 0 Å². The van der Waals surface area contributed by atoms with E-state index in [2.05, 4.69) is 13.3 Å². The van der Waals surface area contributed by atoms with Crippen molar-refractivity contribution in [3.8, 4) is 0 Å². The third-order valence-electron chi connectivity index (χ3n) is 4.03. The first-order valence-corrected chi connectivity index (χ1v) is 11.8. The van der Waals surface area contributed by atoms with E-state index >= 15 is 0 Å². The summed E-state index contributed by atoms with van der Waals surface area (Å²) < 4.78 is 124. The molecule has 0 aliphatic heterocycles. The average molecular weight is 522 g/mol. The molecule has 0 bridgehead atoms. The topological polar surface area (TPSA) is 78.9 Å². The van der Waals surface area contributed by atoms with Gasteiger partial charge in [-0.15, -0.1) is 0 Å². The van der Waals surface area contributed by atoms with Crippen LogP contribution in [0.2, 0.25) is 6.04 Å². The molecule has 6 nitrogen and oxygen atoms in total. The number of hydrogen-bond acceptors (Lipinski definition) is 6. The largest absolute Gasteiger partial charge is 0.705 e. The smallest absolute Gasteiger partial charge is 0.448 e. The Morgan fingerprint density at radius 3 is 1.09 bits per heavy atom. The van der Waals surface area contributed by atoms with Crippen molar-refractivity contribution in [3.05, 3.63) is 0 Å². The second kappa shape index (κ2) is 13.0. The highest BCUT2D eigenvalue weighted by Gasteiger charge is 2.62. The molecule has 0 fully saturated rings. The van der Waals surface area contributed by atoms with E-state index in [0.29, 0.717) is 12.8 Å². The third-order valence-corrected chi connectivity index (χ3v) is 6.48. The number of halogens is 9. The minimum Gasteiger partial charge on any atom is -0.448 e. The van der Waals surface area contributed by atoms with Crippen molar-refractivity contribution >= 4 is 26.7 Å². The lowest BCUT2D eigenvalue weighted by molar-refractivity contribution is -0.209. The molecule has 0 rings (SSSR count). The lowest BCUT2D eigenvalue weighted by atomic mass is 10.1. The van der Waals surface area contributed by atoms with E-state index in [9.17, 15) is 53.9 Å². The first-order valence-electron chi connectivity index (χ1n) is 9.85. The molecular formula is C17H23F9O6Si. The molecule has 0 aromatic heterocycles. The van der Waals surface area contributed by atoms with E-state index in [1.54, 1.807) is 0 Å². The van der Waals surface area contributed by atoms with Gasteiger partial charge in [0.25, 0.3) is 0 Å². The van der Waals surface area contributed by atoms with E-state index in [1.807, 2.05) is 6.92 Å². The van der Waals surface area contributed by atoms with Crippen LogP contribution in [0.1, 0.15) is 64.7 Å². The molecular weight excluding hydrogens is 499 g/mol. The maximum atomic E-state index is 12.6. The van der Waals surface area contributed by atoms with Gasteiger partial charge in [0.05, 0.1) is 6.04 Å². The van der Waals surface area contributed by atoms with E-state index in [-0.39, 0.29) is 6.42 Å². The minimum absolute atomic E-state index is 0.0548. The molecule has 0 atom stereocenters. The van der Waals surface area contributed by atoms with E-state index in [4.69, 9.17) is 0 Å². The van der Waals surface area contributed by atoms with Gasteiger partial charge in [0.1, 0.15) is 0 Å². The predicted octanol–water partition coefficient (Wildman–Crippen LogP) is 5.77. The van der Waals surface area contributed by atoms with Crippen LogP contribution in [-0.4, -0.2) is 45.2 Å². The number of carbonyl (C=O) groups excluding carboxylic acids is 3. The van der Waals surface area contributed by atoms with Gasteiger partial charge in [-0.3, -0.25) is 0 Å². The highest BCUT2D eigenvalue weighted by atomic mass is 28.4. The molecule has 0 aliphatic rings. The van der Waals surface area contributed by atoms with Crippen molar-refractivity contribution in [2.45, 2.75) is 89.3 Å². The van der Waals surface area contributed by atoms with Crippen LogP contribution < -0.4 is 0 Å². The maximum absolute atomic E-state index is 12.6. The normalized spacial score (nSPS) is 12.9. The molecule has 16 heteroatoms. The van der Waals surface area contributed by atoms with Gasteiger partial charge in [-0.05, 0) is 6.42 Å². The standard InChI is InChI=1S/C17H23F9O6Si/c1-2-3-4-5-6-7-8-9-10-11-33(30-12(27)15(18,19)20,31-13(28)16(21,22)23)32-14(29)17(24,25)26/h2-11H2,1H3. The zero-order valence-corrected chi connectivity index (χ0v) is 18.4. The molecule has 0 aromatic rings. The molecule has 0 saturated carbocycles. The predicted molar refractivity (Wildman–Crippen MR) is 94.2 cm³/mol. The molecule has 0 saturated heterocycles. The van der Waals surface area contributed by atoms with Crippen molar-refractivity contribution in [1.29, 1.82) is 0 Å². The van der Waals surface area contributed by atoms with Crippen LogP contribution in [0.15, 0.2) is 0 Å². The number of hydrogen-bond donors (Lipinski definition) is 0. The van der Waals surface area contributed by atoms with Gasteiger partial charge in [-0.2, -0.15) is 39.5 Å². The van der Waals surface area contributed by atoms with Gasteiger partial charge >= 0.3 is 45.2 Å². The Hall–Kier alpha value is -2.00. The monoisotopic (exact) mass is 522 g/mol. The Kier molecular flexibility index (Phi) is 12.2. The van der Waals surface area contributed by atoms with Crippen LogP contribution in [0.25, 0.3) is 0 Å². The molecule has 0 amide bonds. The highest BCUT2D eigenvalue weighted by molar-refractivity contribution is 6.65. The Bertz CT molecular complexity index is 577. The zero-order valence-electron chi connectivity index (χ0n) is 17.4. The number of alkyl halides is 9. The van der Waals surface area contributed by atoms with Crippen molar-refractivity contribution in [1.82, 2.24) is 0 Å². The molecule has 0 aliphatic carbocycles. The van der Waals surface area contributed by atoms with E-state index in [1.165, 1.54) is 0 Å². The molecule has 0 spiro atoms. The molecule has 0 N–H and O–H groups in total. The summed E-state index contributed by atoms with van der Waals surface area (Å²) in [6.07, 6.45) is -12.5. The van der Waals surface area contributed by atoms with Crippen molar-refractivity contribution in [3.63, 3.8) is 0 Å². The summed E-state index contributed by atoms with van der Waals surface area (Å²) >= 11 is 0. The first kappa shape index (κ1) is 31.0. The molecule has 0 unspecified atom stereocenters. The van der Waals surface area contributed by atoms with E-state index < -0.39 is 57.7 Å². The molecule has 0 aromatic carbocycles. The minimum atomic E-state index is -6.11. The van der Waals surface area contributed by atoms with Crippen molar-refractivity contribution in [2.24, 2.45) is 0 Å². The van der Waals surface area contributed by atoms with E-state index in [0.717, 1.165) is 32.1 Å².